The number of amidine groups is 1. The van der Waals surface area contributed by atoms with Gasteiger partial charge < -0.3 is 5.73 Å². The molecule has 0 aliphatic carbocycles. The second kappa shape index (κ2) is 6.53. The van der Waals surface area contributed by atoms with E-state index in [0.717, 1.165) is 18.1 Å². The summed E-state index contributed by atoms with van der Waals surface area (Å²) < 4.78 is 0. The van der Waals surface area contributed by atoms with Gasteiger partial charge in [-0.3, -0.25) is 5.41 Å². The topological polar surface area (TPSA) is 49.9 Å². The normalized spacial score (nSPS) is 10.5. The van der Waals surface area contributed by atoms with Gasteiger partial charge in [0.1, 0.15) is 0 Å². The molecule has 0 heterocycles. The lowest BCUT2D eigenvalue weighted by Gasteiger charge is -2.03. The van der Waals surface area contributed by atoms with E-state index in [1.54, 1.807) is 0 Å². The van der Waals surface area contributed by atoms with Gasteiger partial charge >= 0.3 is 0 Å². The number of rotatable bonds is 6. The fraction of sp³-hybridized carbons (Fsp3) is 0.875. The fourth-order valence-electron chi connectivity index (χ4n) is 0.603. The fourth-order valence-corrected chi connectivity index (χ4v) is 1.81. The van der Waals surface area contributed by atoms with Crippen molar-refractivity contribution in [2.75, 3.05) is 11.5 Å². The van der Waals surface area contributed by atoms with Gasteiger partial charge in [0.15, 0.2) is 0 Å². The molecule has 0 radical (unpaired) electrons. The van der Waals surface area contributed by atoms with Crippen LogP contribution in [-0.2, 0) is 0 Å². The lowest BCUT2D eigenvalue weighted by Crippen LogP contribution is -2.10. The van der Waals surface area contributed by atoms with Gasteiger partial charge in [-0.05, 0) is 18.1 Å². The third kappa shape index (κ3) is 9.82. The minimum atomic E-state index is 0.307. The first-order valence-corrected chi connectivity index (χ1v) is 5.19. The number of hydrogen-bond acceptors (Lipinski definition) is 2. The van der Waals surface area contributed by atoms with Gasteiger partial charge in [0.2, 0.25) is 0 Å². The molecule has 0 unspecified atom stereocenters. The van der Waals surface area contributed by atoms with Crippen LogP contribution in [0.1, 0.15) is 26.7 Å². The van der Waals surface area contributed by atoms with Crippen molar-refractivity contribution in [1.82, 2.24) is 0 Å². The van der Waals surface area contributed by atoms with Crippen molar-refractivity contribution in [2.24, 2.45) is 11.7 Å². The van der Waals surface area contributed by atoms with Crippen LogP contribution in [0.25, 0.3) is 0 Å². The van der Waals surface area contributed by atoms with Crippen molar-refractivity contribution in [3.05, 3.63) is 0 Å². The van der Waals surface area contributed by atoms with E-state index in [0.29, 0.717) is 5.84 Å². The molecular weight excluding hydrogens is 156 g/mol. The summed E-state index contributed by atoms with van der Waals surface area (Å²) in [5.41, 5.74) is 5.20. The highest BCUT2D eigenvalue weighted by Crippen LogP contribution is 2.09. The molecule has 0 saturated heterocycles. The zero-order valence-corrected chi connectivity index (χ0v) is 8.21. The second-order valence-electron chi connectivity index (χ2n) is 3.07. The van der Waals surface area contributed by atoms with E-state index in [1.165, 1.54) is 12.2 Å². The molecule has 0 aromatic rings. The zero-order valence-electron chi connectivity index (χ0n) is 7.39. The van der Waals surface area contributed by atoms with Crippen molar-refractivity contribution in [3.8, 4) is 0 Å². The van der Waals surface area contributed by atoms with E-state index in [1.807, 2.05) is 11.8 Å². The summed E-state index contributed by atoms with van der Waals surface area (Å²) in [6.07, 6.45) is 2.01. The monoisotopic (exact) mass is 174 g/mol. The molecule has 0 fully saturated rings. The predicted octanol–water partition coefficient (Wildman–Crippen LogP) is 2.09. The number of thioether (sulfide) groups is 1. The maximum absolute atomic E-state index is 6.98. The van der Waals surface area contributed by atoms with Crippen LogP contribution >= 0.6 is 11.8 Å². The molecule has 0 spiro atoms. The second-order valence-corrected chi connectivity index (χ2v) is 4.29. The molecule has 0 aliphatic rings. The summed E-state index contributed by atoms with van der Waals surface area (Å²) in [6, 6.07) is 0. The molecule has 3 N–H and O–H groups in total. The Bertz CT molecular complexity index is 113. The SMILES string of the molecule is CC(C)CCSCCC(=N)N. The summed E-state index contributed by atoms with van der Waals surface area (Å²) in [4.78, 5) is 0. The minimum Gasteiger partial charge on any atom is -0.388 e. The molecule has 0 aromatic carbocycles. The smallest absolute Gasteiger partial charge is 0.0913 e. The molecule has 0 bridgehead atoms. The van der Waals surface area contributed by atoms with E-state index >= 15 is 0 Å². The lowest BCUT2D eigenvalue weighted by atomic mass is 10.2. The van der Waals surface area contributed by atoms with Gasteiger partial charge in [-0.1, -0.05) is 13.8 Å². The first kappa shape index (κ1) is 10.8. The van der Waals surface area contributed by atoms with Crippen LogP contribution in [-0.4, -0.2) is 17.3 Å². The van der Waals surface area contributed by atoms with Gasteiger partial charge in [0.25, 0.3) is 0 Å². The number of nitrogens with one attached hydrogen (secondary N) is 1. The van der Waals surface area contributed by atoms with Crippen LogP contribution in [0, 0.1) is 11.3 Å². The molecule has 0 amide bonds. The molecule has 0 aliphatic heterocycles. The average molecular weight is 174 g/mol. The van der Waals surface area contributed by atoms with Crippen molar-refractivity contribution in [1.29, 1.82) is 5.41 Å². The molecule has 0 saturated carbocycles. The third-order valence-electron chi connectivity index (χ3n) is 1.36. The van der Waals surface area contributed by atoms with E-state index in [2.05, 4.69) is 13.8 Å². The number of nitrogens with two attached hydrogens (primary N) is 1. The first-order valence-electron chi connectivity index (χ1n) is 4.03. The number of hydrogen-bond donors (Lipinski definition) is 2. The molecule has 0 aromatic heterocycles. The summed E-state index contributed by atoms with van der Waals surface area (Å²) in [6.45, 7) is 4.46. The predicted molar refractivity (Wildman–Crippen MR) is 53.3 cm³/mol. The van der Waals surface area contributed by atoms with Crippen molar-refractivity contribution >= 4 is 17.6 Å². The summed E-state index contributed by atoms with van der Waals surface area (Å²) in [7, 11) is 0. The van der Waals surface area contributed by atoms with Gasteiger partial charge in [-0.25, -0.2) is 0 Å². The van der Waals surface area contributed by atoms with Crippen LogP contribution in [0.2, 0.25) is 0 Å². The highest BCUT2D eigenvalue weighted by molar-refractivity contribution is 7.99. The van der Waals surface area contributed by atoms with E-state index in [9.17, 15) is 0 Å². The third-order valence-corrected chi connectivity index (χ3v) is 2.37. The van der Waals surface area contributed by atoms with Crippen LogP contribution in [0.3, 0.4) is 0 Å². The summed E-state index contributed by atoms with van der Waals surface area (Å²) >= 11 is 1.89. The first-order chi connectivity index (χ1) is 5.13. The zero-order chi connectivity index (χ0) is 8.69. The van der Waals surface area contributed by atoms with E-state index in [4.69, 9.17) is 11.1 Å². The van der Waals surface area contributed by atoms with Crippen LogP contribution in [0.15, 0.2) is 0 Å². The summed E-state index contributed by atoms with van der Waals surface area (Å²) in [5, 5.41) is 6.98. The largest absolute Gasteiger partial charge is 0.388 e. The Hall–Kier alpha value is -0.180. The van der Waals surface area contributed by atoms with Gasteiger partial charge in [0, 0.05) is 12.2 Å². The molecular formula is C8H18N2S. The molecule has 11 heavy (non-hydrogen) atoms. The quantitative estimate of drug-likeness (QED) is 0.368. The Morgan fingerprint density at radius 2 is 2.09 bits per heavy atom. The van der Waals surface area contributed by atoms with Crippen molar-refractivity contribution in [3.63, 3.8) is 0 Å². The van der Waals surface area contributed by atoms with Gasteiger partial charge in [-0.15, -0.1) is 0 Å². The maximum Gasteiger partial charge on any atom is 0.0913 e. The van der Waals surface area contributed by atoms with Crippen molar-refractivity contribution < 1.29 is 0 Å². The molecule has 0 atom stereocenters. The van der Waals surface area contributed by atoms with Gasteiger partial charge in [0.05, 0.1) is 5.84 Å². The Labute approximate surface area is 73.4 Å². The molecule has 66 valence electrons. The van der Waals surface area contributed by atoms with Gasteiger partial charge in [-0.2, -0.15) is 11.8 Å². The Balaban J connectivity index is 2.97. The van der Waals surface area contributed by atoms with Crippen LogP contribution < -0.4 is 5.73 Å². The lowest BCUT2D eigenvalue weighted by molar-refractivity contribution is 0.632. The van der Waals surface area contributed by atoms with Crippen molar-refractivity contribution in [2.45, 2.75) is 26.7 Å². The molecule has 3 heteroatoms. The highest BCUT2D eigenvalue weighted by Gasteiger charge is 1.94. The van der Waals surface area contributed by atoms with E-state index in [-0.39, 0.29) is 0 Å². The van der Waals surface area contributed by atoms with Crippen LogP contribution in [0.5, 0.6) is 0 Å². The molecule has 2 nitrogen and oxygen atoms in total. The standard InChI is InChI=1S/C8H18N2S/c1-7(2)3-5-11-6-4-8(9)10/h7H,3-6H2,1-2H3,(H3,9,10). The van der Waals surface area contributed by atoms with E-state index < -0.39 is 0 Å². The summed E-state index contributed by atoms with van der Waals surface area (Å²) in [5.74, 6) is 3.30. The minimum absolute atomic E-state index is 0.307. The Morgan fingerprint density at radius 3 is 2.55 bits per heavy atom. The Morgan fingerprint density at radius 1 is 1.45 bits per heavy atom. The highest BCUT2D eigenvalue weighted by atomic mass is 32.2. The average Bonchev–Trinajstić information content (AvgIpc) is 1.85. The Kier molecular flexibility index (Phi) is 6.42. The van der Waals surface area contributed by atoms with Crippen LogP contribution in [0.4, 0.5) is 0 Å². The maximum atomic E-state index is 6.98. The molecule has 0 rings (SSSR count).